The van der Waals surface area contributed by atoms with Gasteiger partial charge in [0.15, 0.2) is 0 Å². The molecule has 2 aromatic carbocycles. The van der Waals surface area contributed by atoms with Crippen LogP contribution in [-0.4, -0.2) is 62.2 Å². The molecule has 1 atom stereocenters. The van der Waals surface area contributed by atoms with Crippen molar-refractivity contribution in [2.24, 2.45) is 0 Å². The zero-order valence-corrected chi connectivity index (χ0v) is 25.5. The smallest absolute Gasteiger partial charge is 0.304 e. The van der Waals surface area contributed by atoms with E-state index >= 15 is 0 Å². The van der Waals surface area contributed by atoms with Gasteiger partial charge in [-0.2, -0.15) is 12.7 Å². The van der Waals surface area contributed by atoms with Crippen LogP contribution in [0.3, 0.4) is 0 Å². The molecule has 11 heteroatoms. The Hall–Kier alpha value is -2.33. The van der Waals surface area contributed by atoms with Crippen LogP contribution in [0.2, 0.25) is 10.0 Å². The second kappa shape index (κ2) is 13.4. The average Bonchev–Trinajstić information content (AvgIpc) is 3.38. The summed E-state index contributed by atoms with van der Waals surface area (Å²) in [6, 6.07) is 9.78. The first-order chi connectivity index (χ1) is 18.3. The van der Waals surface area contributed by atoms with Crippen molar-refractivity contribution in [2.75, 3.05) is 24.9 Å². The van der Waals surface area contributed by atoms with E-state index in [2.05, 4.69) is 5.32 Å². The number of rotatable bonds is 11. The highest BCUT2D eigenvalue weighted by molar-refractivity contribution is 7.90. The molecule has 0 heterocycles. The Kier molecular flexibility index (Phi) is 10.7. The quantitative estimate of drug-likeness (QED) is 0.391. The van der Waals surface area contributed by atoms with E-state index in [4.69, 9.17) is 23.2 Å². The number of carbonyl (C=O) groups is 2. The van der Waals surface area contributed by atoms with Crippen molar-refractivity contribution in [3.63, 3.8) is 0 Å². The van der Waals surface area contributed by atoms with E-state index in [0.29, 0.717) is 33.3 Å². The molecule has 0 spiro atoms. The molecule has 1 N–H and O–H groups in total. The zero-order valence-electron chi connectivity index (χ0n) is 23.2. The lowest BCUT2D eigenvalue weighted by molar-refractivity contribution is -0.140. The summed E-state index contributed by atoms with van der Waals surface area (Å²) in [4.78, 5) is 29.0. The summed E-state index contributed by atoms with van der Waals surface area (Å²) in [5.41, 5.74) is 2.66. The van der Waals surface area contributed by atoms with Gasteiger partial charge >= 0.3 is 10.2 Å². The van der Waals surface area contributed by atoms with Gasteiger partial charge in [0.2, 0.25) is 11.8 Å². The highest BCUT2D eigenvalue weighted by atomic mass is 35.5. The van der Waals surface area contributed by atoms with Gasteiger partial charge in [0, 0.05) is 26.7 Å². The lowest BCUT2D eigenvalue weighted by atomic mass is 10.1. The molecule has 8 nitrogen and oxygen atoms in total. The minimum atomic E-state index is -4.04. The highest BCUT2D eigenvalue weighted by Gasteiger charge is 2.35. The monoisotopic (exact) mass is 596 g/mol. The van der Waals surface area contributed by atoms with Crippen LogP contribution in [0.5, 0.6) is 0 Å². The molecule has 0 saturated heterocycles. The minimum absolute atomic E-state index is 0.0645. The van der Waals surface area contributed by atoms with Crippen molar-refractivity contribution < 1.29 is 18.0 Å². The Labute approximate surface area is 242 Å². The Morgan fingerprint density at radius 1 is 1.03 bits per heavy atom. The molecule has 2 aromatic rings. The fourth-order valence-corrected chi connectivity index (χ4v) is 6.25. The molecular formula is C28H38Cl2N4O4S. The second-order valence-corrected chi connectivity index (χ2v) is 13.2. The topological polar surface area (TPSA) is 90.0 Å². The molecule has 214 valence electrons. The number of amides is 2. The fourth-order valence-electron chi connectivity index (χ4n) is 4.81. The van der Waals surface area contributed by atoms with Crippen LogP contribution < -0.4 is 9.62 Å². The Bertz CT molecular complexity index is 1300. The summed E-state index contributed by atoms with van der Waals surface area (Å²) in [6.45, 7) is 5.10. The first kappa shape index (κ1) is 31.2. The van der Waals surface area contributed by atoms with Gasteiger partial charge in [-0.1, -0.05) is 61.2 Å². The predicted molar refractivity (Wildman–Crippen MR) is 157 cm³/mol. The number of hydrogen-bond acceptors (Lipinski definition) is 4. The molecule has 3 rings (SSSR count). The van der Waals surface area contributed by atoms with Crippen molar-refractivity contribution in [3.8, 4) is 0 Å². The van der Waals surface area contributed by atoms with E-state index in [-0.39, 0.29) is 18.5 Å². The fraction of sp³-hybridized carbons (Fsp3) is 0.500. The molecule has 1 fully saturated rings. The van der Waals surface area contributed by atoms with Crippen molar-refractivity contribution >= 4 is 50.9 Å². The van der Waals surface area contributed by atoms with E-state index < -0.39 is 28.7 Å². The van der Waals surface area contributed by atoms with E-state index in [0.717, 1.165) is 39.9 Å². The number of anilines is 1. The van der Waals surface area contributed by atoms with E-state index in [1.54, 1.807) is 31.2 Å². The van der Waals surface area contributed by atoms with Crippen LogP contribution >= 0.6 is 23.2 Å². The molecule has 0 aliphatic heterocycles. The lowest BCUT2D eigenvalue weighted by Crippen LogP contribution is -2.54. The largest absolute Gasteiger partial charge is 0.352 e. The first-order valence-corrected chi connectivity index (χ1v) is 15.3. The van der Waals surface area contributed by atoms with Gasteiger partial charge in [0.25, 0.3) is 0 Å². The Balaban J connectivity index is 2.02. The van der Waals surface area contributed by atoms with Crippen molar-refractivity contribution in [3.05, 3.63) is 63.1 Å². The molecule has 39 heavy (non-hydrogen) atoms. The van der Waals surface area contributed by atoms with Crippen LogP contribution in [0.25, 0.3) is 0 Å². The van der Waals surface area contributed by atoms with Gasteiger partial charge < -0.3 is 10.2 Å². The summed E-state index contributed by atoms with van der Waals surface area (Å²) in [6.07, 6.45) is 4.28. The van der Waals surface area contributed by atoms with Gasteiger partial charge in [-0.3, -0.25) is 9.59 Å². The Morgan fingerprint density at radius 3 is 2.28 bits per heavy atom. The normalized spacial score (nSPS) is 14.9. The van der Waals surface area contributed by atoms with Crippen LogP contribution in [0.1, 0.15) is 55.7 Å². The number of nitrogens with zero attached hydrogens (tertiary/aromatic N) is 3. The minimum Gasteiger partial charge on any atom is -0.352 e. The van der Waals surface area contributed by atoms with Gasteiger partial charge in [-0.15, -0.1) is 0 Å². The highest BCUT2D eigenvalue weighted by Crippen LogP contribution is 2.28. The third kappa shape index (κ3) is 7.66. The third-order valence-electron chi connectivity index (χ3n) is 7.08. The van der Waals surface area contributed by atoms with Crippen LogP contribution in [0.15, 0.2) is 36.4 Å². The summed E-state index contributed by atoms with van der Waals surface area (Å²) in [5.74, 6) is -0.743. The number of carbonyl (C=O) groups excluding carboxylic acids is 2. The molecule has 0 unspecified atom stereocenters. The molecule has 2 amide bonds. The van der Waals surface area contributed by atoms with E-state index in [1.807, 2.05) is 26.0 Å². The van der Waals surface area contributed by atoms with Gasteiger partial charge in [0.05, 0.1) is 15.7 Å². The Morgan fingerprint density at radius 2 is 1.69 bits per heavy atom. The predicted octanol–water partition coefficient (Wildman–Crippen LogP) is 5.09. The zero-order chi connectivity index (χ0) is 28.9. The number of aryl methyl sites for hydroxylation is 2. The molecular weight excluding hydrogens is 559 g/mol. The molecule has 0 radical (unpaired) electrons. The van der Waals surface area contributed by atoms with Crippen LogP contribution in [0.4, 0.5) is 5.69 Å². The third-order valence-corrected chi connectivity index (χ3v) is 9.62. The molecule has 1 aliphatic carbocycles. The average molecular weight is 598 g/mol. The molecule has 1 aliphatic rings. The standard InChI is InChI=1S/C28H38Cl2N4O4S/c1-6-25(28(36)31-22-9-7-8-10-22)33(17-21-13-14-23(29)24(30)16-21)27(35)18-34(39(37,38)32(4)5)26-15-19(2)11-12-20(26)3/h11-16,22,25H,6-10,17-18H2,1-5H3,(H,31,36)/t25-/m0/s1. The summed E-state index contributed by atoms with van der Waals surface area (Å²) in [5, 5.41) is 3.81. The summed E-state index contributed by atoms with van der Waals surface area (Å²) >= 11 is 12.4. The molecule has 1 saturated carbocycles. The molecule has 0 bridgehead atoms. The van der Waals surface area contributed by atoms with Crippen molar-refractivity contribution in [1.82, 2.24) is 14.5 Å². The maximum Gasteiger partial charge on any atom is 0.304 e. The first-order valence-electron chi connectivity index (χ1n) is 13.2. The van der Waals surface area contributed by atoms with Crippen LogP contribution in [-0.2, 0) is 26.3 Å². The van der Waals surface area contributed by atoms with Crippen molar-refractivity contribution in [2.45, 2.75) is 71.5 Å². The van der Waals surface area contributed by atoms with Gasteiger partial charge in [-0.25, -0.2) is 4.31 Å². The van der Waals surface area contributed by atoms with Crippen LogP contribution in [0, 0.1) is 13.8 Å². The number of benzene rings is 2. The SMILES string of the molecule is CC[C@@H](C(=O)NC1CCCC1)N(Cc1ccc(Cl)c(Cl)c1)C(=O)CN(c1cc(C)ccc1C)S(=O)(=O)N(C)C. The van der Waals surface area contributed by atoms with E-state index in [9.17, 15) is 18.0 Å². The second-order valence-electron chi connectivity index (χ2n) is 10.3. The number of halogens is 2. The maximum atomic E-state index is 14.1. The van der Waals surface area contributed by atoms with E-state index in [1.165, 1.54) is 19.0 Å². The van der Waals surface area contributed by atoms with Gasteiger partial charge in [0.1, 0.15) is 12.6 Å². The van der Waals surface area contributed by atoms with Gasteiger partial charge in [-0.05, 0) is 68.0 Å². The number of nitrogens with one attached hydrogen (secondary N) is 1. The maximum absolute atomic E-state index is 14.1. The molecule has 0 aromatic heterocycles. The summed E-state index contributed by atoms with van der Waals surface area (Å²) in [7, 11) is -1.18. The summed E-state index contributed by atoms with van der Waals surface area (Å²) < 4.78 is 29.1. The van der Waals surface area contributed by atoms with Crippen molar-refractivity contribution in [1.29, 1.82) is 0 Å². The lowest BCUT2D eigenvalue weighted by Gasteiger charge is -2.34. The number of hydrogen-bond donors (Lipinski definition) is 1.